The lowest BCUT2D eigenvalue weighted by Crippen LogP contribution is -2.44. The topological polar surface area (TPSA) is 103 Å². The van der Waals surface area contributed by atoms with Crippen LogP contribution in [-0.4, -0.2) is 35.1 Å². The van der Waals surface area contributed by atoms with Crippen molar-refractivity contribution in [2.45, 2.75) is 31.8 Å². The van der Waals surface area contributed by atoms with Crippen molar-refractivity contribution >= 4 is 16.9 Å². The van der Waals surface area contributed by atoms with Gasteiger partial charge in [-0.25, -0.2) is 8.78 Å². The molecule has 1 amide bonds. The standard InChI is InChI=1S/C20H20F2N4O3/c1-11-16(19(23)27)18-15(29-11)5-4-14(28-9-12-3-2-7-25-26-12)17(18)13-6-8-24-10-20(13,21)22/h2-5,7,13,24H,6,8-10H2,1H3,(H2,23,27). The van der Waals surface area contributed by atoms with E-state index < -0.39 is 24.3 Å². The van der Waals surface area contributed by atoms with Crippen LogP contribution in [0.25, 0.3) is 11.0 Å². The highest BCUT2D eigenvalue weighted by Crippen LogP contribution is 2.47. The van der Waals surface area contributed by atoms with Crippen LogP contribution in [0.4, 0.5) is 8.78 Å². The van der Waals surface area contributed by atoms with Crippen LogP contribution in [0.3, 0.4) is 0 Å². The smallest absolute Gasteiger partial charge is 0.267 e. The number of amides is 1. The van der Waals surface area contributed by atoms with Gasteiger partial charge in [0, 0.05) is 17.1 Å². The Bertz CT molecular complexity index is 1050. The maximum atomic E-state index is 14.9. The Morgan fingerprint density at radius 1 is 1.41 bits per heavy atom. The number of nitrogens with one attached hydrogen (secondary N) is 1. The third kappa shape index (κ3) is 3.53. The number of nitrogens with two attached hydrogens (primary N) is 1. The number of aromatic nitrogens is 2. The second-order valence-electron chi connectivity index (χ2n) is 7.03. The average Bonchev–Trinajstić information content (AvgIpc) is 3.03. The SMILES string of the molecule is Cc1oc2ccc(OCc3cccnn3)c(C3CCNCC3(F)F)c2c1C(N)=O. The zero-order chi connectivity index (χ0) is 20.6. The fourth-order valence-corrected chi connectivity index (χ4v) is 3.84. The van der Waals surface area contributed by atoms with E-state index in [1.54, 1.807) is 31.2 Å². The fourth-order valence-electron chi connectivity index (χ4n) is 3.84. The van der Waals surface area contributed by atoms with E-state index >= 15 is 0 Å². The molecule has 0 aliphatic carbocycles. The van der Waals surface area contributed by atoms with Gasteiger partial charge in [-0.15, -0.1) is 0 Å². The van der Waals surface area contributed by atoms with Crippen molar-refractivity contribution in [3.05, 3.63) is 53.0 Å². The monoisotopic (exact) mass is 402 g/mol. The molecule has 1 aromatic carbocycles. The fraction of sp³-hybridized carbons (Fsp3) is 0.350. The van der Waals surface area contributed by atoms with Gasteiger partial charge in [0.15, 0.2) is 0 Å². The first-order valence-corrected chi connectivity index (χ1v) is 9.22. The van der Waals surface area contributed by atoms with Gasteiger partial charge in [0.2, 0.25) is 0 Å². The number of rotatable bonds is 5. The minimum atomic E-state index is -3.03. The summed E-state index contributed by atoms with van der Waals surface area (Å²) in [4.78, 5) is 12.1. The molecule has 3 heterocycles. The van der Waals surface area contributed by atoms with Crippen LogP contribution in [0, 0.1) is 6.92 Å². The summed E-state index contributed by atoms with van der Waals surface area (Å²) in [7, 11) is 0. The number of piperidine rings is 1. The van der Waals surface area contributed by atoms with Gasteiger partial charge in [0.25, 0.3) is 11.8 Å². The first kappa shape index (κ1) is 19.3. The number of halogens is 2. The Labute approximate surface area is 165 Å². The number of hydrogen-bond donors (Lipinski definition) is 2. The van der Waals surface area contributed by atoms with Crippen molar-refractivity contribution in [3.8, 4) is 5.75 Å². The molecule has 9 heteroatoms. The molecule has 0 bridgehead atoms. The first-order chi connectivity index (χ1) is 13.9. The maximum Gasteiger partial charge on any atom is 0.267 e. The van der Waals surface area contributed by atoms with E-state index in [1.807, 2.05) is 0 Å². The summed E-state index contributed by atoms with van der Waals surface area (Å²) >= 11 is 0. The molecule has 0 spiro atoms. The number of ether oxygens (including phenoxy) is 1. The number of carbonyl (C=O) groups excluding carboxylic acids is 1. The molecule has 3 aromatic rings. The zero-order valence-corrected chi connectivity index (χ0v) is 15.7. The molecule has 1 atom stereocenters. The van der Waals surface area contributed by atoms with Crippen molar-refractivity contribution in [1.29, 1.82) is 0 Å². The largest absolute Gasteiger partial charge is 0.487 e. The number of alkyl halides is 2. The van der Waals surface area contributed by atoms with E-state index in [2.05, 4.69) is 15.5 Å². The quantitative estimate of drug-likeness (QED) is 0.680. The Morgan fingerprint density at radius 3 is 2.93 bits per heavy atom. The summed E-state index contributed by atoms with van der Waals surface area (Å²) in [5.74, 6) is -4.38. The van der Waals surface area contributed by atoms with Gasteiger partial charge in [0.05, 0.1) is 18.0 Å². The molecule has 29 heavy (non-hydrogen) atoms. The molecule has 1 fully saturated rings. The van der Waals surface area contributed by atoms with Gasteiger partial charge in [-0.2, -0.15) is 10.2 Å². The molecule has 3 N–H and O–H groups in total. The Morgan fingerprint density at radius 2 is 2.24 bits per heavy atom. The van der Waals surface area contributed by atoms with Crippen LogP contribution in [0.1, 0.15) is 39.7 Å². The van der Waals surface area contributed by atoms with Crippen molar-refractivity contribution in [1.82, 2.24) is 15.5 Å². The summed E-state index contributed by atoms with van der Waals surface area (Å²) in [6, 6.07) is 6.62. The Balaban J connectivity index is 1.88. The number of nitrogens with zero attached hydrogens (tertiary/aromatic N) is 2. The summed E-state index contributed by atoms with van der Waals surface area (Å²) in [6.07, 6.45) is 1.71. The molecular weight excluding hydrogens is 382 g/mol. The van der Waals surface area contributed by atoms with Gasteiger partial charge >= 0.3 is 0 Å². The molecule has 2 aromatic heterocycles. The van der Waals surface area contributed by atoms with E-state index in [0.717, 1.165) is 0 Å². The molecular formula is C20H20F2N4O3. The number of aryl methyl sites for hydroxylation is 1. The highest BCUT2D eigenvalue weighted by atomic mass is 19.3. The maximum absolute atomic E-state index is 14.9. The second kappa shape index (κ2) is 7.40. The Kier molecular flexibility index (Phi) is 4.91. The molecule has 4 rings (SSSR count). The first-order valence-electron chi connectivity index (χ1n) is 9.22. The number of hydrogen-bond acceptors (Lipinski definition) is 6. The van der Waals surface area contributed by atoms with Gasteiger partial charge in [-0.3, -0.25) is 4.79 Å². The van der Waals surface area contributed by atoms with E-state index in [-0.39, 0.29) is 35.7 Å². The predicted octanol–water partition coefficient (Wildman–Crippen LogP) is 2.92. The molecule has 152 valence electrons. The molecule has 0 radical (unpaired) electrons. The molecule has 1 aliphatic heterocycles. The molecule has 7 nitrogen and oxygen atoms in total. The van der Waals surface area contributed by atoms with Crippen LogP contribution in [0.5, 0.6) is 5.75 Å². The van der Waals surface area contributed by atoms with Crippen LogP contribution >= 0.6 is 0 Å². The van der Waals surface area contributed by atoms with Gasteiger partial charge in [0.1, 0.15) is 29.4 Å². The second-order valence-corrected chi connectivity index (χ2v) is 7.03. The predicted molar refractivity (Wildman–Crippen MR) is 101 cm³/mol. The summed E-state index contributed by atoms with van der Waals surface area (Å²) in [5, 5.41) is 10.7. The van der Waals surface area contributed by atoms with E-state index in [1.165, 1.54) is 6.20 Å². The molecule has 1 unspecified atom stereocenters. The summed E-state index contributed by atoms with van der Waals surface area (Å²) < 4.78 is 41.3. The number of primary amides is 1. The summed E-state index contributed by atoms with van der Waals surface area (Å²) in [6.45, 7) is 1.60. The molecule has 1 saturated heterocycles. The van der Waals surface area contributed by atoms with Crippen LogP contribution in [0.2, 0.25) is 0 Å². The minimum Gasteiger partial charge on any atom is -0.487 e. The lowest BCUT2D eigenvalue weighted by Gasteiger charge is -2.33. The average molecular weight is 402 g/mol. The zero-order valence-electron chi connectivity index (χ0n) is 15.7. The van der Waals surface area contributed by atoms with Gasteiger partial charge in [-0.1, -0.05) is 0 Å². The number of carbonyl (C=O) groups is 1. The van der Waals surface area contributed by atoms with Crippen molar-refractivity contribution in [2.75, 3.05) is 13.1 Å². The number of furan rings is 1. The number of benzene rings is 1. The Hall–Kier alpha value is -3.07. The van der Waals surface area contributed by atoms with Crippen molar-refractivity contribution < 1.29 is 22.7 Å². The van der Waals surface area contributed by atoms with Crippen molar-refractivity contribution in [3.63, 3.8) is 0 Å². The third-order valence-corrected chi connectivity index (χ3v) is 5.11. The van der Waals surface area contributed by atoms with Gasteiger partial charge in [-0.05, 0) is 44.2 Å². The highest BCUT2D eigenvalue weighted by molar-refractivity contribution is 6.08. The molecule has 0 saturated carbocycles. The highest BCUT2D eigenvalue weighted by Gasteiger charge is 2.45. The van der Waals surface area contributed by atoms with E-state index in [0.29, 0.717) is 23.2 Å². The van der Waals surface area contributed by atoms with Crippen LogP contribution in [0.15, 0.2) is 34.9 Å². The van der Waals surface area contributed by atoms with E-state index in [4.69, 9.17) is 14.9 Å². The minimum absolute atomic E-state index is 0.0472. The molecule has 1 aliphatic rings. The lowest BCUT2D eigenvalue weighted by molar-refractivity contribution is -0.0423. The van der Waals surface area contributed by atoms with Crippen LogP contribution in [-0.2, 0) is 6.61 Å². The third-order valence-electron chi connectivity index (χ3n) is 5.11. The summed E-state index contributed by atoms with van der Waals surface area (Å²) in [5.41, 5.74) is 6.77. The van der Waals surface area contributed by atoms with E-state index in [9.17, 15) is 13.6 Å². The number of fused-ring (bicyclic) bond motifs is 1. The van der Waals surface area contributed by atoms with Crippen molar-refractivity contribution in [2.24, 2.45) is 5.73 Å². The normalized spacial score (nSPS) is 18.7. The lowest BCUT2D eigenvalue weighted by atomic mass is 9.83. The van der Waals surface area contributed by atoms with Crippen LogP contribution < -0.4 is 15.8 Å². The van der Waals surface area contributed by atoms with Gasteiger partial charge < -0.3 is 20.2 Å².